The average Bonchev–Trinajstić information content (AvgIpc) is 2.45. The first-order valence-corrected chi connectivity index (χ1v) is 5.11. The monoisotopic (exact) mass is 216 g/mol. The van der Waals surface area contributed by atoms with Gasteiger partial charge in [0.15, 0.2) is 0 Å². The highest BCUT2D eigenvalue weighted by molar-refractivity contribution is 5.25. The summed E-state index contributed by atoms with van der Waals surface area (Å²) in [5.41, 5.74) is 0.203. The van der Waals surface area contributed by atoms with Crippen molar-refractivity contribution in [2.45, 2.75) is 52.5 Å². The van der Waals surface area contributed by atoms with Crippen molar-refractivity contribution < 1.29 is 8.78 Å². The van der Waals surface area contributed by atoms with Crippen molar-refractivity contribution in [1.29, 1.82) is 0 Å². The number of hydrogen-bond acceptors (Lipinski definition) is 1. The largest absolute Gasteiger partial charge is 0.269 e. The fourth-order valence-corrected chi connectivity index (χ4v) is 1.41. The lowest BCUT2D eigenvalue weighted by molar-refractivity contribution is 0.148. The third-order valence-corrected chi connectivity index (χ3v) is 2.23. The van der Waals surface area contributed by atoms with Gasteiger partial charge in [-0.3, -0.25) is 4.68 Å². The number of rotatable bonds is 2. The molecular formula is C11H18F2N2. The van der Waals surface area contributed by atoms with E-state index in [0.29, 0.717) is 5.69 Å². The zero-order valence-corrected chi connectivity index (χ0v) is 9.88. The van der Waals surface area contributed by atoms with Crippen LogP contribution < -0.4 is 0 Å². The van der Waals surface area contributed by atoms with Gasteiger partial charge in [0, 0.05) is 17.7 Å². The highest BCUT2D eigenvalue weighted by Gasteiger charge is 2.27. The number of nitrogens with zero attached hydrogens (tertiary/aromatic N) is 2. The number of alkyl halides is 2. The van der Waals surface area contributed by atoms with Gasteiger partial charge < -0.3 is 0 Å². The van der Waals surface area contributed by atoms with E-state index in [0.717, 1.165) is 0 Å². The van der Waals surface area contributed by atoms with Crippen LogP contribution in [0.4, 0.5) is 8.78 Å². The summed E-state index contributed by atoms with van der Waals surface area (Å²) in [6, 6.07) is 0.110. The molecule has 0 saturated carbocycles. The molecule has 0 spiro atoms. The van der Waals surface area contributed by atoms with E-state index < -0.39 is 6.43 Å². The quantitative estimate of drug-likeness (QED) is 0.737. The molecule has 0 aliphatic carbocycles. The first kappa shape index (κ1) is 12.1. The van der Waals surface area contributed by atoms with Gasteiger partial charge in [0.25, 0.3) is 6.43 Å². The van der Waals surface area contributed by atoms with Crippen molar-refractivity contribution in [2.24, 2.45) is 0 Å². The van der Waals surface area contributed by atoms with Crippen LogP contribution in [0.25, 0.3) is 0 Å². The molecule has 0 aliphatic heterocycles. The molecule has 1 heterocycles. The molecule has 4 heteroatoms. The Labute approximate surface area is 89.3 Å². The standard InChI is InChI=1S/C11H18F2N2/c1-7(2)15-6-8(10(12)13)9(14-15)11(3,4)5/h6-7,10H,1-5H3. The molecule has 1 aromatic heterocycles. The molecule has 15 heavy (non-hydrogen) atoms. The maximum absolute atomic E-state index is 12.8. The Morgan fingerprint density at radius 2 is 1.80 bits per heavy atom. The molecule has 1 aromatic rings. The number of halogens is 2. The fraction of sp³-hybridized carbons (Fsp3) is 0.727. The SMILES string of the molecule is CC(C)n1cc(C(F)F)c(C(C)(C)C)n1. The molecule has 0 saturated heterocycles. The van der Waals surface area contributed by atoms with Gasteiger partial charge in [0.2, 0.25) is 0 Å². The molecule has 1 rings (SSSR count). The van der Waals surface area contributed by atoms with Crippen LogP contribution in [-0.2, 0) is 5.41 Å². The van der Waals surface area contributed by atoms with E-state index >= 15 is 0 Å². The van der Waals surface area contributed by atoms with Crippen LogP contribution in [0.2, 0.25) is 0 Å². The van der Waals surface area contributed by atoms with E-state index in [-0.39, 0.29) is 17.0 Å². The van der Waals surface area contributed by atoms with Gasteiger partial charge in [-0.2, -0.15) is 5.10 Å². The zero-order chi connectivity index (χ0) is 11.8. The molecule has 0 unspecified atom stereocenters. The van der Waals surface area contributed by atoms with E-state index in [9.17, 15) is 8.78 Å². The minimum absolute atomic E-state index is 0.0520. The van der Waals surface area contributed by atoms with E-state index in [1.165, 1.54) is 6.20 Å². The van der Waals surface area contributed by atoms with Crippen LogP contribution in [0.3, 0.4) is 0 Å². The smallest absolute Gasteiger partial charge is 0.267 e. The molecule has 86 valence electrons. The summed E-state index contributed by atoms with van der Waals surface area (Å²) in [4.78, 5) is 0. The molecule has 0 radical (unpaired) electrons. The molecule has 0 atom stereocenters. The minimum Gasteiger partial charge on any atom is -0.269 e. The van der Waals surface area contributed by atoms with Crippen LogP contribution in [0.1, 0.15) is 58.3 Å². The van der Waals surface area contributed by atoms with Crippen molar-refractivity contribution >= 4 is 0 Å². The maximum atomic E-state index is 12.8. The number of hydrogen-bond donors (Lipinski definition) is 0. The minimum atomic E-state index is -2.45. The molecule has 2 nitrogen and oxygen atoms in total. The van der Waals surface area contributed by atoms with Gasteiger partial charge >= 0.3 is 0 Å². The lowest BCUT2D eigenvalue weighted by atomic mass is 9.90. The van der Waals surface area contributed by atoms with Crippen molar-refractivity contribution in [1.82, 2.24) is 9.78 Å². The highest BCUT2D eigenvalue weighted by Crippen LogP contribution is 2.31. The summed E-state index contributed by atoms with van der Waals surface area (Å²) in [5, 5.41) is 4.24. The molecule has 0 bridgehead atoms. The summed E-state index contributed by atoms with van der Waals surface area (Å²) in [6.45, 7) is 9.53. The molecule has 0 amide bonds. The topological polar surface area (TPSA) is 17.8 Å². The Balaban J connectivity index is 3.24. The molecule has 0 fully saturated rings. The van der Waals surface area contributed by atoms with Crippen LogP contribution in [-0.4, -0.2) is 9.78 Å². The second kappa shape index (κ2) is 3.91. The van der Waals surface area contributed by atoms with Gasteiger partial charge in [-0.1, -0.05) is 20.8 Å². The Hall–Kier alpha value is -0.930. The van der Waals surface area contributed by atoms with Crippen LogP contribution in [0.15, 0.2) is 6.20 Å². The Kier molecular flexibility index (Phi) is 3.16. The normalized spacial score (nSPS) is 12.9. The first-order valence-electron chi connectivity index (χ1n) is 5.11. The van der Waals surface area contributed by atoms with Gasteiger partial charge in [-0.15, -0.1) is 0 Å². The molecule has 0 N–H and O–H groups in total. The Bertz CT molecular complexity index is 335. The van der Waals surface area contributed by atoms with Gasteiger partial charge in [-0.05, 0) is 13.8 Å². The molecule has 0 aromatic carbocycles. The van der Waals surface area contributed by atoms with Crippen LogP contribution in [0, 0.1) is 0 Å². The van der Waals surface area contributed by atoms with Crippen molar-refractivity contribution in [3.8, 4) is 0 Å². The second-order valence-corrected chi connectivity index (χ2v) is 5.06. The third kappa shape index (κ3) is 2.55. The zero-order valence-electron chi connectivity index (χ0n) is 9.88. The fourth-order valence-electron chi connectivity index (χ4n) is 1.41. The second-order valence-electron chi connectivity index (χ2n) is 5.06. The average molecular weight is 216 g/mol. The summed E-state index contributed by atoms with van der Waals surface area (Å²) in [5.74, 6) is 0. The van der Waals surface area contributed by atoms with E-state index in [1.807, 2.05) is 34.6 Å². The van der Waals surface area contributed by atoms with Gasteiger partial charge in [-0.25, -0.2) is 8.78 Å². The van der Waals surface area contributed by atoms with Crippen molar-refractivity contribution in [3.05, 3.63) is 17.5 Å². The van der Waals surface area contributed by atoms with Crippen molar-refractivity contribution in [2.75, 3.05) is 0 Å². The van der Waals surface area contributed by atoms with Gasteiger partial charge in [0.1, 0.15) is 0 Å². The summed E-state index contributed by atoms with van der Waals surface area (Å²) < 4.78 is 27.2. The summed E-state index contributed by atoms with van der Waals surface area (Å²) in [7, 11) is 0. The van der Waals surface area contributed by atoms with Crippen LogP contribution >= 0.6 is 0 Å². The first-order chi connectivity index (χ1) is 6.73. The van der Waals surface area contributed by atoms with Crippen LogP contribution in [0.5, 0.6) is 0 Å². The van der Waals surface area contributed by atoms with Gasteiger partial charge in [0.05, 0.1) is 11.3 Å². The van der Waals surface area contributed by atoms with Crippen molar-refractivity contribution in [3.63, 3.8) is 0 Å². The Morgan fingerprint density at radius 3 is 2.07 bits per heavy atom. The maximum Gasteiger partial charge on any atom is 0.267 e. The summed E-state index contributed by atoms with van der Waals surface area (Å²) >= 11 is 0. The summed E-state index contributed by atoms with van der Waals surface area (Å²) in [6.07, 6.45) is -0.998. The molecular weight excluding hydrogens is 198 g/mol. The highest BCUT2D eigenvalue weighted by atomic mass is 19.3. The van der Waals surface area contributed by atoms with E-state index in [2.05, 4.69) is 5.10 Å². The lowest BCUT2D eigenvalue weighted by Gasteiger charge is -2.17. The van der Waals surface area contributed by atoms with E-state index in [4.69, 9.17) is 0 Å². The van der Waals surface area contributed by atoms with E-state index in [1.54, 1.807) is 4.68 Å². The predicted octanol–water partition coefficient (Wildman–Crippen LogP) is 3.70. The molecule has 0 aliphatic rings. The lowest BCUT2D eigenvalue weighted by Crippen LogP contribution is -2.15. The third-order valence-electron chi connectivity index (χ3n) is 2.23. The predicted molar refractivity (Wildman–Crippen MR) is 56.3 cm³/mol. The number of aromatic nitrogens is 2. The Morgan fingerprint density at radius 1 is 1.27 bits per heavy atom.